The van der Waals surface area contributed by atoms with Crippen LogP contribution in [0.4, 0.5) is 11.4 Å². The van der Waals surface area contributed by atoms with Crippen LogP contribution in [-0.4, -0.2) is 42.3 Å². The Balaban J connectivity index is 2.29. The molecule has 20 heavy (non-hydrogen) atoms. The van der Waals surface area contributed by atoms with Crippen molar-refractivity contribution in [2.45, 2.75) is 0 Å². The van der Waals surface area contributed by atoms with E-state index in [1.165, 1.54) is 22.5 Å². The Labute approximate surface area is 123 Å². The Hall–Kier alpha value is -1.64. The third-order valence-corrected chi connectivity index (χ3v) is 3.62. The van der Waals surface area contributed by atoms with Gasteiger partial charge in [-0.05, 0) is 59.7 Å². The van der Waals surface area contributed by atoms with Crippen molar-refractivity contribution in [3.8, 4) is 11.1 Å². The molecule has 0 aliphatic carbocycles. The molecular weight excluding hydrogens is 244 g/mol. The standard InChI is InChI=1S/C18H26N2/c1-19(2,3)17-11-7-15(8-12-17)16-9-13-18(14-10-16)20(4,5)6/h7-14H,1-6H3/q+2. The van der Waals surface area contributed by atoms with Gasteiger partial charge in [0.2, 0.25) is 0 Å². The van der Waals surface area contributed by atoms with Crippen LogP contribution in [0.1, 0.15) is 0 Å². The minimum absolute atomic E-state index is 0.848. The van der Waals surface area contributed by atoms with Crippen LogP contribution >= 0.6 is 0 Å². The highest BCUT2D eigenvalue weighted by molar-refractivity contribution is 5.67. The van der Waals surface area contributed by atoms with E-state index in [2.05, 4.69) is 90.8 Å². The van der Waals surface area contributed by atoms with Crippen molar-refractivity contribution in [2.75, 3.05) is 42.3 Å². The van der Waals surface area contributed by atoms with Gasteiger partial charge >= 0.3 is 0 Å². The van der Waals surface area contributed by atoms with Crippen LogP contribution in [-0.2, 0) is 0 Å². The van der Waals surface area contributed by atoms with Crippen molar-refractivity contribution in [2.24, 2.45) is 0 Å². The number of nitrogens with zero attached hydrogens (tertiary/aromatic N) is 2. The van der Waals surface area contributed by atoms with Gasteiger partial charge in [-0.15, -0.1) is 0 Å². The lowest BCUT2D eigenvalue weighted by atomic mass is 10.0. The second-order valence-corrected chi connectivity index (χ2v) is 7.12. The van der Waals surface area contributed by atoms with Crippen LogP contribution in [0.15, 0.2) is 48.5 Å². The maximum atomic E-state index is 2.21. The fourth-order valence-corrected chi connectivity index (χ4v) is 2.20. The van der Waals surface area contributed by atoms with Crippen LogP contribution in [0.25, 0.3) is 11.1 Å². The van der Waals surface area contributed by atoms with Crippen molar-refractivity contribution in [3.05, 3.63) is 48.5 Å². The summed E-state index contributed by atoms with van der Waals surface area (Å²) in [5.74, 6) is 0. The van der Waals surface area contributed by atoms with Gasteiger partial charge in [0.05, 0.1) is 42.3 Å². The molecule has 0 fully saturated rings. The Bertz CT molecular complexity index is 511. The third kappa shape index (κ3) is 3.27. The molecule has 2 aromatic rings. The minimum atomic E-state index is 0.848. The summed E-state index contributed by atoms with van der Waals surface area (Å²) in [6.07, 6.45) is 0. The highest BCUT2D eigenvalue weighted by Crippen LogP contribution is 2.26. The van der Waals surface area contributed by atoms with Crippen molar-refractivity contribution in [3.63, 3.8) is 0 Å². The topological polar surface area (TPSA) is 0 Å². The predicted octanol–water partition coefficient (Wildman–Crippen LogP) is 3.75. The molecule has 106 valence electrons. The van der Waals surface area contributed by atoms with E-state index < -0.39 is 0 Å². The first-order valence-corrected chi connectivity index (χ1v) is 7.02. The van der Waals surface area contributed by atoms with E-state index >= 15 is 0 Å². The molecule has 0 saturated carbocycles. The van der Waals surface area contributed by atoms with E-state index in [-0.39, 0.29) is 0 Å². The maximum Gasteiger partial charge on any atom is 0.132 e. The monoisotopic (exact) mass is 270 g/mol. The molecule has 0 bridgehead atoms. The number of rotatable bonds is 3. The van der Waals surface area contributed by atoms with E-state index in [0.29, 0.717) is 0 Å². The van der Waals surface area contributed by atoms with Gasteiger partial charge in [0.1, 0.15) is 11.4 Å². The molecule has 0 aliphatic heterocycles. The summed E-state index contributed by atoms with van der Waals surface area (Å²) in [5, 5.41) is 0. The highest BCUT2D eigenvalue weighted by atomic mass is 15.3. The van der Waals surface area contributed by atoms with Crippen molar-refractivity contribution >= 4 is 11.4 Å². The van der Waals surface area contributed by atoms with Crippen molar-refractivity contribution in [1.29, 1.82) is 0 Å². The third-order valence-electron chi connectivity index (χ3n) is 3.62. The quantitative estimate of drug-likeness (QED) is 0.745. The van der Waals surface area contributed by atoms with Gasteiger partial charge in [-0.25, -0.2) is 0 Å². The van der Waals surface area contributed by atoms with Crippen LogP contribution in [0.5, 0.6) is 0 Å². The lowest BCUT2D eigenvalue weighted by Crippen LogP contribution is -2.34. The van der Waals surface area contributed by atoms with Crippen LogP contribution in [0.2, 0.25) is 0 Å². The number of hydrogen-bond donors (Lipinski definition) is 0. The van der Waals surface area contributed by atoms with Crippen LogP contribution in [0.3, 0.4) is 0 Å². The molecule has 0 heterocycles. The first kappa shape index (κ1) is 14.8. The van der Waals surface area contributed by atoms with Crippen molar-refractivity contribution < 1.29 is 0 Å². The van der Waals surface area contributed by atoms with Gasteiger partial charge in [-0.2, -0.15) is 0 Å². The Kier molecular flexibility index (Phi) is 3.72. The average Bonchev–Trinajstić information content (AvgIpc) is 2.37. The molecule has 0 spiro atoms. The summed E-state index contributed by atoms with van der Waals surface area (Å²) in [5.41, 5.74) is 5.18. The molecule has 0 aromatic heterocycles. The Morgan fingerprint density at radius 3 is 0.900 bits per heavy atom. The SMILES string of the molecule is C[N+](C)(C)c1ccc(-c2ccc([N+](C)(C)C)cc2)cc1. The first-order valence-electron chi connectivity index (χ1n) is 7.02. The van der Waals surface area contributed by atoms with E-state index in [1.807, 2.05) is 0 Å². The molecule has 0 aliphatic rings. The largest absolute Gasteiger partial charge is 0.298 e. The van der Waals surface area contributed by atoms with E-state index in [4.69, 9.17) is 0 Å². The number of hydrogen-bond acceptors (Lipinski definition) is 0. The molecule has 2 rings (SSSR count). The second kappa shape index (κ2) is 5.04. The van der Waals surface area contributed by atoms with Gasteiger partial charge < -0.3 is 0 Å². The second-order valence-electron chi connectivity index (χ2n) is 7.12. The summed E-state index contributed by atoms with van der Waals surface area (Å²) >= 11 is 0. The van der Waals surface area contributed by atoms with Crippen molar-refractivity contribution in [1.82, 2.24) is 8.97 Å². The maximum absolute atomic E-state index is 2.21. The lowest BCUT2D eigenvalue weighted by molar-refractivity contribution is 0.486. The predicted molar refractivity (Wildman–Crippen MR) is 91.0 cm³/mol. The zero-order valence-electron chi connectivity index (χ0n) is 13.5. The fourth-order valence-electron chi connectivity index (χ4n) is 2.20. The summed E-state index contributed by atoms with van der Waals surface area (Å²) in [4.78, 5) is 0. The van der Waals surface area contributed by atoms with Gasteiger partial charge in [0.25, 0.3) is 0 Å². The molecule has 0 N–H and O–H groups in total. The number of quaternary nitrogens is 2. The van der Waals surface area contributed by atoms with E-state index in [9.17, 15) is 0 Å². The molecule has 0 atom stereocenters. The molecule has 2 nitrogen and oxygen atoms in total. The minimum Gasteiger partial charge on any atom is -0.298 e. The first-order chi connectivity index (χ1) is 9.18. The summed E-state index contributed by atoms with van der Waals surface area (Å²) in [7, 11) is 13.1. The molecule has 2 heteroatoms. The molecule has 2 aromatic carbocycles. The van der Waals surface area contributed by atoms with Crippen LogP contribution < -0.4 is 8.97 Å². The summed E-state index contributed by atoms with van der Waals surface area (Å²) in [6, 6.07) is 17.7. The smallest absolute Gasteiger partial charge is 0.132 e. The Morgan fingerprint density at radius 1 is 0.450 bits per heavy atom. The van der Waals surface area contributed by atoms with Gasteiger partial charge in [-0.1, -0.05) is 0 Å². The van der Waals surface area contributed by atoms with Gasteiger partial charge in [0.15, 0.2) is 0 Å². The van der Waals surface area contributed by atoms with E-state index in [0.717, 1.165) is 8.97 Å². The zero-order chi connectivity index (χ0) is 15.0. The zero-order valence-corrected chi connectivity index (χ0v) is 13.5. The molecule has 0 saturated heterocycles. The normalized spacial score (nSPS) is 12.5. The highest BCUT2D eigenvalue weighted by Gasteiger charge is 2.13. The van der Waals surface area contributed by atoms with Crippen LogP contribution in [0, 0.1) is 0 Å². The summed E-state index contributed by atoms with van der Waals surface area (Å²) in [6.45, 7) is 0. The number of benzene rings is 2. The fraction of sp³-hybridized carbons (Fsp3) is 0.333. The molecule has 0 unspecified atom stereocenters. The average molecular weight is 270 g/mol. The molecule has 0 radical (unpaired) electrons. The van der Waals surface area contributed by atoms with Gasteiger partial charge in [0, 0.05) is 0 Å². The van der Waals surface area contributed by atoms with E-state index in [1.54, 1.807) is 0 Å². The van der Waals surface area contributed by atoms with Gasteiger partial charge in [-0.3, -0.25) is 8.97 Å². The summed E-state index contributed by atoms with van der Waals surface area (Å²) < 4.78 is 1.70. The molecular formula is C18H26N2+2. The Morgan fingerprint density at radius 2 is 0.700 bits per heavy atom. The lowest BCUT2D eigenvalue weighted by Gasteiger charge is -2.24. The molecule has 0 amide bonds.